The molecule has 6 heteroatoms. The van der Waals surface area contributed by atoms with E-state index in [-0.39, 0.29) is 6.04 Å². The van der Waals surface area contributed by atoms with E-state index in [4.69, 9.17) is 0 Å². The van der Waals surface area contributed by atoms with E-state index in [2.05, 4.69) is 10.1 Å². The molecule has 1 unspecified atom stereocenters. The van der Waals surface area contributed by atoms with Gasteiger partial charge in [-0.2, -0.15) is 18.3 Å². The van der Waals surface area contributed by atoms with Crippen molar-refractivity contribution in [1.82, 2.24) is 9.78 Å². The van der Waals surface area contributed by atoms with E-state index in [1.165, 1.54) is 4.68 Å². The summed E-state index contributed by atoms with van der Waals surface area (Å²) >= 11 is 0. The van der Waals surface area contributed by atoms with Crippen molar-refractivity contribution in [3.8, 4) is 0 Å². The largest absolute Gasteiger partial charge is 0.435 e. The lowest BCUT2D eigenvalue weighted by Gasteiger charge is -2.13. The molecule has 3 nitrogen and oxygen atoms in total. The lowest BCUT2D eigenvalue weighted by molar-refractivity contribution is -0.141. The highest BCUT2D eigenvalue weighted by Crippen LogP contribution is 2.30. The third-order valence-corrected chi connectivity index (χ3v) is 2.82. The summed E-state index contributed by atoms with van der Waals surface area (Å²) in [5.41, 5.74) is 0.0407. The average molecular weight is 273 g/mol. The standard InChI is InChI=1S/C13H18F3N3/c1-5-7-17-10(4)11-8-12(13(14,15)16)18-19(11)9(3)6-2/h5,7-9H,6H2,1-4H3/b7-5-,17-10?. The zero-order chi connectivity index (χ0) is 14.6. The fraction of sp³-hybridized carbons (Fsp3) is 0.538. The van der Waals surface area contributed by atoms with Gasteiger partial charge in [-0.05, 0) is 33.3 Å². The van der Waals surface area contributed by atoms with Gasteiger partial charge in [0.25, 0.3) is 0 Å². The molecule has 0 saturated heterocycles. The molecule has 0 fully saturated rings. The first-order valence-corrected chi connectivity index (χ1v) is 6.13. The monoisotopic (exact) mass is 273 g/mol. The Labute approximate surface area is 110 Å². The third-order valence-electron chi connectivity index (χ3n) is 2.82. The summed E-state index contributed by atoms with van der Waals surface area (Å²) in [6.07, 6.45) is -0.466. The Bertz CT molecular complexity index is 484. The second-order valence-corrected chi connectivity index (χ2v) is 4.31. The molecular weight excluding hydrogens is 255 g/mol. The molecule has 19 heavy (non-hydrogen) atoms. The van der Waals surface area contributed by atoms with Crippen LogP contribution in [0.15, 0.2) is 23.3 Å². The number of allylic oxidation sites excluding steroid dienone is 1. The maximum Gasteiger partial charge on any atom is 0.435 e. The molecule has 0 saturated carbocycles. The predicted octanol–water partition coefficient (Wildman–Crippen LogP) is 4.22. The number of hydrogen-bond acceptors (Lipinski definition) is 2. The molecule has 0 aromatic carbocycles. The summed E-state index contributed by atoms with van der Waals surface area (Å²) < 4.78 is 39.6. The number of halogens is 3. The lowest BCUT2D eigenvalue weighted by Crippen LogP contribution is -2.14. The Morgan fingerprint density at radius 3 is 2.63 bits per heavy atom. The second-order valence-electron chi connectivity index (χ2n) is 4.31. The minimum Gasteiger partial charge on any atom is -0.260 e. The quantitative estimate of drug-likeness (QED) is 0.755. The highest BCUT2D eigenvalue weighted by atomic mass is 19.4. The molecule has 0 amide bonds. The van der Waals surface area contributed by atoms with Crippen molar-refractivity contribution < 1.29 is 13.2 Å². The molecule has 1 heterocycles. The summed E-state index contributed by atoms with van der Waals surface area (Å²) in [5, 5.41) is 3.67. The van der Waals surface area contributed by atoms with E-state index in [9.17, 15) is 13.2 Å². The van der Waals surface area contributed by atoms with Gasteiger partial charge in [0.2, 0.25) is 0 Å². The number of aromatic nitrogens is 2. The maximum atomic E-state index is 12.7. The van der Waals surface area contributed by atoms with Crippen LogP contribution in [0.2, 0.25) is 0 Å². The summed E-state index contributed by atoms with van der Waals surface area (Å²) in [5.74, 6) is 0. The van der Waals surface area contributed by atoms with Crippen LogP contribution in [0.25, 0.3) is 0 Å². The van der Waals surface area contributed by atoms with E-state index in [0.29, 0.717) is 17.8 Å². The first kappa shape index (κ1) is 15.5. The van der Waals surface area contributed by atoms with Gasteiger partial charge in [0.15, 0.2) is 5.69 Å². The summed E-state index contributed by atoms with van der Waals surface area (Å²) in [4.78, 5) is 4.09. The molecule has 0 radical (unpaired) electrons. The van der Waals surface area contributed by atoms with Crippen molar-refractivity contribution in [1.29, 1.82) is 0 Å². The van der Waals surface area contributed by atoms with Crippen LogP contribution in [0.3, 0.4) is 0 Å². The molecule has 0 spiro atoms. The van der Waals surface area contributed by atoms with Crippen molar-refractivity contribution in [2.45, 2.75) is 46.3 Å². The molecular formula is C13H18F3N3. The van der Waals surface area contributed by atoms with Gasteiger partial charge in [0.05, 0.1) is 11.4 Å². The molecule has 1 aromatic heterocycles. The number of hydrogen-bond donors (Lipinski definition) is 0. The molecule has 0 aliphatic heterocycles. The molecule has 1 rings (SSSR count). The molecule has 0 bridgehead atoms. The van der Waals surface area contributed by atoms with Crippen LogP contribution in [-0.2, 0) is 6.18 Å². The topological polar surface area (TPSA) is 30.2 Å². The Hall–Kier alpha value is -1.59. The molecule has 0 aliphatic carbocycles. The van der Waals surface area contributed by atoms with Crippen LogP contribution in [0, 0.1) is 0 Å². The number of rotatable bonds is 4. The third kappa shape index (κ3) is 3.68. The molecule has 0 N–H and O–H groups in total. The smallest absolute Gasteiger partial charge is 0.260 e. The van der Waals surface area contributed by atoms with E-state index < -0.39 is 11.9 Å². The Balaban J connectivity index is 3.32. The first-order chi connectivity index (χ1) is 8.81. The van der Waals surface area contributed by atoms with Gasteiger partial charge in [-0.25, -0.2) is 0 Å². The van der Waals surface area contributed by atoms with Gasteiger partial charge in [0.1, 0.15) is 0 Å². The van der Waals surface area contributed by atoms with Crippen molar-refractivity contribution in [2.24, 2.45) is 4.99 Å². The zero-order valence-corrected chi connectivity index (χ0v) is 11.5. The normalized spacial score (nSPS) is 15.2. The fourth-order valence-corrected chi connectivity index (χ4v) is 1.56. The SMILES string of the molecule is C/C=C\N=C(C)c1cc(C(F)(F)F)nn1C(C)CC. The highest BCUT2D eigenvalue weighted by molar-refractivity contribution is 5.97. The average Bonchev–Trinajstić information content (AvgIpc) is 2.79. The zero-order valence-electron chi connectivity index (χ0n) is 11.5. The maximum absolute atomic E-state index is 12.7. The predicted molar refractivity (Wildman–Crippen MR) is 69.3 cm³/mol. The summed E-state index contributed by atoms with van der Waals surface area (Å²) in [6, 6.07) is 0.941. The van der Waals surface area contributed by atoms with Gasteiger partial charge in [0, 0.05) is 12.2 Å². The minimum absolute atomic E-state index is 0.109. The van der Waals surface area contributed by atoms with Crippen LogP contribution >= 0.6 is 0 Å². The molecule has 1 aromatic rings. The Morgan fingerprint density at radius 1 is 1.53 bits per heavy atom. The molecule has 1 atom stereocenters. The van der Waals surface area contributed by atoms with Gasteiger partial charge < -0.3 is 0 Å². The van der Waals surface area contributed by atoms with Gasteiger partial charge in [-0.3, -0.25) is 9.67 Å². The van der Waals surface area contributed by atoms with Crippen LogP contribution in [0.1, 0.15) is 51.5 Å². The number of alkyl halides is 3. The van der Waals surface area contributed by atoms with E-state index >= 15 is 0 Å². The second kappa shape index (κ2) is 6.04. The van der Waals surface area contributed by atoms with Gasteiger partial charge in [-0.1, -0.05) is 13.0 Å². The van der Waals surface area contributed by atoms with Crippen molar-refractivity contribution in [3.05, 3.63) is 29.7 Å². The van der Waals surface area contributed by atoms with Crippen molar-refractivity contribution in [3.63, 3.8) is 0 Å². The van der Waals surface area contributed by atoms with E-state index in [1.807, 2.05) is 13.8 Å². The molecule has 106 valence electrons. The van der Waals surface area contributed by atoms with Crippen molar-refractivity contribution in [2.75, 3.05) is 0 Å². The number of nitrogens with zero attached hydrogens (tertiary/aromatic N) is 3. The van der Waals surface area contributed by atoms with Crippen LogP contribution in [0.4, 0.5) is 13.2 Å². The summed E-state index contributed by atoms with van der Waals surface area (Å²) in [6.45, 7) is 7.21. The van der Waals surface area contributed by atoms with Gasteiger partial charge >= 0.3 is 6.18 Å². The highest BCUT2D eigenvalue weighted by Gasteiger charge is 2.35. The van der Waals surface area contributed by atoms with E-state index in [0.717, 1.165) is 6.07 Å². The summed E-state index contributed by atoms with van der Waals surface area (Å²) in [7, 11) is 0. The molecule has 0 aliphatic rings. The van der Waals surface area contributed by atoms with E-state index in [1.54, 1.807) is 26.1 Å². The van der Waals surface area contributed by atoms with Crippen molar-refractivity contribution >= 4 is 5.71 Å². The first-order valence-electron chi connectivity index (χ1n) is 6.13. The fourth-order valence-electron chi connectivity index (χ4n) is 1.56. The van der Waals surface area contributed by atoms with Crippen LogP contribution in [-0.4, -0.2) is 15.5 Å². The van der Waals surface area contributed by atoms with Gasteiger partial charge in [-0.15, -0.1) is 0 Å². The van der Waals surface area contributed by atoms with Crippen LogP contribution < -0.4 is 0 Å². The minimum atomic E-state index is -4.44. The Morgan fingerprint density at radius 2 is 2.16 bits per heavy atom. The Kier molecular flexibility index (Phi) is 4.91. The van der Waals surface area contributed by atoms with Crippen LogP contribution in [0.5, 0.6) is 0 Å². The number of aliphatic imine (C=N–C) groups is 1. The lowest BCUT2D eigenvalue weighted by atomic mass is 10.2.